The van der Waals surface area contributed by atoms with Gasteiger partial charge in [0.1, 0.15) is 11.3 Å². The Morgan fingerprint density at radius 3 is 2.95 bits per heavy atom. The molecule has 0 radical (unpaired) electrons. The van der Waals surface area contributed by atoms with Crippen molar-refractivity contribution in [2.75, 3.05) is 13.2 Å². The van der Waals surface area contributed by atoms with E-state index in [1.807, 2.05) is 0 Å². The number of hydrogen-bond donors (Lipinski definition) is 2. The standard InChI is InChI=1S/C14H15FN2O2/c15-12-3-1-2-10-4-5-11(17-14(10)12)6-7-13(19)16-8-9-18/h1-5,18H,6-9H2,(H,16,19). The fourth-order valence-electron chi connectivity index (χ4n) is 1.82. The number of benzene rings is 1. The molecule has 0 aliphatic carbocycles. The molecule has 1 heterocycles. The van der Waals surface area contributed by atoms with Gasteiger partial charge in [0.05, 0.1) is 6.61 Å². The molecule has 0 spiro atoms. The molecule has 2 rings (SSSR count). The van der Waals surface area contributed by atoms with Gasteiger partial charge < -0.3 is 10.4 Å². The van der Waals surface area contributed by atoms with Crippen LogP contribution in [0.4, 0.5) is 4.39 Å². The van der Waals surface area contributed by atoms with E-state index in [0.29, 0.717) is 17.6 Å². The molecule has 100 valence electrons. The molecule has 19 heavy (non-hydrogen) atoms. The number of aryl methyl sites for hydroxylation is 1. The maximum Gasteiger partial charge on any atom is 0.220 e. The molecule has 2 N–H and O–H groups in total. The second-order valence-electron chi connectivity index (χ2n) is 4.19. The molecule has 1 aromatic carbocycles. The van der Waals surface area contributed by atoms with Crippen molar-refractivity contribution in [1.29, 1.82) is 0 Å². The van der Waals surface area contributed by atoms with Crippen LogP contribution in [0.1, 0.15) is 12.1 Å². The number of fused-ring (bicyclic) bond motifs is 1. The van der Waals surface area contributed by atoms with Crippen molar-refractivity contribution in [3.05, 3.63) is 41.8 Å². The Labute approximate surface area is 110 Å². The number of halogens is 1. The van der Waals surface area contributed by atoms with Gasteiger partial charge in [0.2, 0.25) is 5.91 Å². The van der Waals surface area contributed by atoms with E-state index in [0.717, 1.165) is 5.39 Å². The molecule has 0 saturated carbocycles. The normalized spacial score (nSPS) is 10.6. The van der Waals surface area contributed by atoms with Crippen LogP contribution in [0.3, 0.4) is 0 Å². The van der Waals surface area contributed by atoms with Crippen LogP contribution >= 0.6 is 0 Å². The van der Waals surface area contributed by atoms with Crippen LogP contribution in [0.25, 0.3) is 10.9 Å². The number of amides is 1. The van der Waals surface area contributed by atoms with Crippen molar-refractivity contribution < 1.29 is 14.3 Å². The molecular weight excluding hydrogens is 247 g/mol. The van der Waals surface area contributed by atoms with E-state index in [9.17, 15) is 9.18 Å². The maximum absolute atomic E-state index is 13.6. The molecule has 0 saturated heterocycles. The molecule has 5 heteroatoms. The molecule has 0 aliphatic heterocycles. The zero-order valence-corrected chi connectivity index (χ0v) is 10.4. The van der Waals surface area contributed by atoms with Crippen LogP contribution in [0.2, 0.25) is 0 Å². The van der Waals surface area contributed by atoms with Crippen LogP contribution in [-0.4, -0.2) is 29.1 Å². The summed E-state index contributed by atoms with van der Waals surface area (Å²) in [5.41, 5.74) is 1.01. The van der Waals surface area contributed by atoms with Gasteiger partial charge in [-0.15, -0.1) is 0 Å². The van der Waals surface area contributed by atoms with Gasteiger partial charge in [0, 0.05) is 24.0 Å². The Bertz CT molecular complexity index is 587. The smallest absolute Gasteiger partial charge is 0.220 e. The van der Waals surface area contributed by atoms with Gasteiger partial charge >= 0.3 is 0 Å². The number of nitrogens with zero attached hydrogens (tertiary/aromatic N) is 1. The molecule has 0 bridgehead atoms. The Morgan fingerprint density at radius 2 is 2.16 bits per heavy atom. The number of hydrogen-bond acceptors (Lipinski definition) is 3. The Hall–Kier alpha value is -2.01. The van der Waals surface area contributed by atoms with E-state index < -0.39 is 0 Å². The summed E-state index contributed by atoms with van der Waals surface area (Å²) in [7, 11) is 0. The van der Waals surface area contributed by atoms with E-state index in [2.05, 4.69) is 10.3 Å². The fraction of sp³-hybridized carbons (Fsp3) is 0.286. The third kappa shape index (κ3) is 3.48. The van der Waals surface area contributed by atoms with Crippen molar-refractivity contribution in [3.8, 4) is 0 Å². The summed E-state index contributed by atoms with van der Waals surface area (Å²) in [4.78, 5) is 15.6. The average Bonchev–Trinajstić information content (AvgIpc) is 2.43. The van der Waals surface area contributed by atoms with E-state index in [1.165, 1.54) is 6.07 Å². The first-order valence-corrected chi connectivity index (χ1v) is 6.12. The lowest BCUT2D eigenvalue weighted by Gasteiger charge is -2.04. The maximum atomic E-state index is 13.6. The summed E-state index contributed by atoms with van der Waals surface area (Å²) in [5, 5.41) is 11.9. The number of aromatic nitrogens is 1. The quantitative estimate of drug-likeness (QED) is 0.856. The summed E-state index contributed by atoms with van der Waals surface area (Å²) in [6.07, 6.45) is 0.717. The highest BCUT2D eigenvalue weighted by atomic mass is 19.1. The molecular formula is C14H15FN2O2. The third-order valence-corrected chi connectivity index (χ3v) is 2.77. The first-order chi connectivity index (χ1) is 9.20. The number of pyridine rings is 1. The van der Waals surface area contributed by atoms with Crippen LogP contribution in [0.5, 0.6) is 0 Å². The summed E-state index contributed by atoms with van der Waals surface area (Å²) < 4.78 is 13.6. The number of para-hydroxylation sites is 1. The Morgan fingerprint density at radius 1 is 1.32 bits per heavy atom. The van der Waals surface area contributed by atoms with E-state index >= 15 is 0 Å². The van der Waals surface area contributed by atoms with Crippen LogP contribution in [0.15, 0.2) is 30.3 Å². The number of carbonyl (C=O) groups is 1. The molecule has 0 atom stereocenters. The molecule has 0 unspecified atom stereocenters. The van der Waals surface area contributed by atoms with Crippen molar-refractivity contribution in [2.24, 2.45) is 0 Å². The number of aliphatic hydroxyl groups is 1. The van der Waals surface area contributed by atoms with Gasteiger partial charge in [-0.05, 0) is 18.6 Å². The lowest BCUT2D eigenvalue weighted by atomic mass is 10.1. The van der Waals surface area contributed by atoms with Gasteiger partial charge in [0.15, 0.2) is 0 Å². The van der Waals surface area contributed by atoms with Gasteiger partial charge in [-0.3, -0.25) is 4.79 Å². The zero-order chi connectivity index (χ0) is 13.7. The molecule has 4 nitrogen and oxygen atoms in total. The average molecular weight is 262 g/mol. The first-order valence-electron chi connectivity index (χ1n) is 6.12. The molecule has 0 aliphatic rings. The van der Waals surface area contributed by atoms with Gasteiger partial charge in [0.25, 0.3) is 0 Å². The van der Waals surface area contributed by atoms with E-state index in [4.69, 9.17) is 5.11 Å². The van der Waals surface area contributed by atoms with Crippen LogP contribution in [0, 0.1) is 5.82 Å². The van der Waals surface area contributed by atoms with Crippen molar-refractivity contribution in [1.82, 2.24) is 10.3 Å². The number of nitrogens with one attached hydrogen (secondary N) is 1. The Kier molecular flexibility index (Phi) is 4.41. The number of carbonyl (C=O) groups excluding carboxylic acids is 1. The van der Waals surface area contributed by atoms with Crippen LogP contribution < -0.4 is 5.32 Å². The number of aliphatic hydroxyl groups excluding tert-OH is 1. The predicted molar refractivity (Wildman–Crippen MR) is 70.1 cm³/mol. The summed E-state index contributed by atoms with van der Waals surface area (Å²) in [6, 6.07) is 8.39. The summed E-state index contributed by atoms with van der Waals surface area (Å²) in [5.74, 6) is -0.506. The molecule has 1 aromatic heterocycles. The minimum atomic E-state index is -0.357. The second-order valence-corrected chi connectivity index (χ2v) is 4.19. The van der Waals surface area contributed by atoms with E-state index in [1.54, 1.807) is 24.3 Å². The fourth-order valence-corrected chi connectivity index (χ4v) is 1.82. The molecule has 2 aromatic rings. The third-order valence-electron chi connectivity index (χ3n) is 2.77. The minimum absolute atomic E-state index is 0.0782. The number of rotatable bonds is 5. The zero-order valence-electron chi connectivity index (χ0n) is 10.4. The largest absolute Gasteiger partial charge is 0.395 e. The van der Waals surface area contributed by atoms with Crippen LogP contribution in [-0.2, 0) is 11.2 Å². The second kappa shape index (κ2) is 6.24. The summed E-state index contributed by atoms with van der Waals surface area (Å²) >= 11 is 0. The lowest BCUT2D eigenvalue weighted by molar-refractivity contribution is -0.121. The first kappa shape index (κ1) is 13.4. The Balaban J connectivity index is 2.05. The monoisotopic (exact) mass is 262 g/mol. The lowest BCUT2D eigenvalue weighted by Crippen LogP contribution is -2.26. The van der Waals surface area contributed by atoms with Gasteiger partial charge in [-0.25, -0.2) is 9.37 Å². The van der Waals surface area contributed by atoms with Gasteiger partial charge in [-0.2, -0.15) is 0 Å². The highest BCUT2D eigenvalue weighted by Crippen LogP contribution is 2.16. The highest BCUT2D eigenvalue weighted by Gasteiger charge is 2.05. The van der Waals surface area contributed by atoms with Crippen molar-refractivity contribution in [3.63, 3.8) is 0 Å². The summed E-state index contributed by atoms with van der Waals surface area (Å²) in [6.45, 7) is 0.170. The highest BCUT2D eigenvalue weighted by molar-refractivity contribution is 5.79. The molecule has 0 fully saturated rings. The minimum Gasteiger partial charge on any atom is -0.395 e. The predicted octanol–water partition coefficient (Wildman–Crippen LogP) is 1.41. The van der Waals surface area contributed by atoms with E-state index in [-0.39, 0.29) is 31.3 Å². The molecule has 1 amide bonds. The SMILES string of the molecule is O=C(CCc1ccc2cccc(F)c2n1)NCCO. The van der Waals surface area contributed by atoms with Gasteiger partial charge in [-0.1, -0.05) is 18.2 Å². The topological polar surface area (TPSA) is 62.2 Å². The van der Waals surface area contributed by atoms with Crippen molar-refractivity contribution >= 4 is 16.8 Å². The van der Waals surface area contributed by atoms with Crippen molar-refractivity contribution in [2.45, 2.75) is 12.8 Å².